The Labute approximate surface area is 231 Å². The van der Waals surface area contributed by atoms with Gasteiger partial charge in [-0.15, -0.1) is 0 Å². The molecule has 3 rings (SSSR count). The molecule has 0 saturated heterocycles. The van der Waals surface area contributed by atoms with Crippen LogP contribution in [-0.2, 0) is 7.05 Å². The molecule has 206 valence electrons. The Morgan fingerprint density at radius 2 is 1.03 bits per heavy atom. The van der Waals surface area contributed by atoms with E-state index >= 15 is 0 Å². The van der Waals surface area contributed by atoms with E-state index < -0.39 is 0 Å². The lowest BCUT2D eigenvalue weighted by molar-refractivity contribution is -0.671. The molecule has 4 heteroatoms. The summed E-state index contributed by atoms with van der Waals surface area (Å²) in [6.07, 6.45) is 30.0. The summed E-state index contributed by atoms with van der Waals surface area (Å²) in [5.74, 6) is 1.68. The largest absolute Gasteiger partial charge is 0.494 e. The van der Waals surface area contributed by atoms with Gasteiger partial charge in [0.2, 0.25) is 0 Å². The van der Waals surface area contributed by atoms with Crippen molar-refractivity contribution in [2.45, 2.75) is 110 Å². The Morgan fingerprint density at radius 1 is 0.553 bits per heavy atom. The maximum atomic E-state index is 5.97. The van der Waals surface area contributed by atoms with Gasteiger partial charge in [0.1, 0.15) is 12.8 Å². The molecular formula is C34H50N3O+. The molecule has 0 aliphatic carbocycles. The Kier molecular flexibility index (Phi) is 14.5. The van der Waals surface area contributed by atoms with E-state index in [9.17, 15) is 0 Å². The molecule has 0 amide bonds. The number of hydrogen-bond donors (Lipinski definition) is 0. The minimum absolute atomic E-state index is 0.744. The number of unbranched alkanes of at least 4 members (excludes halogenated alkanes) is 15. The summed E-state index contributed by atoms with van der Waals surface area (Å²) in [4.78, 5) is 9.11. The molecule has 2 aromatic heterocycles. The molecule has 0 saturated carbocycles. The fourth-order valence-electron chi connectivity index (χ4n) is 4.86. The fraction of sp³-hybridized carbons (Fsp3) is 0.559. The van der Waals surface area contributed by atoms with Gasteiger partial charge in [-0.3, -0.25) is 0 Å². The summed E-state index contributed by atoms with van der Waals surface area (Å²) in [5, 5.41) is 0. The van der Waals surface area contributed by atoms with E-state index in [2.05, 4.69) is 29.0 Å². The number of aryl methyl sites for hydroxylation is 1. The normalized spacial score (nSPS) is 11.1. The highest BCUT2D eigenvalue weighted by Gasteiger charge is 2.05. The molecular weight excluding hydrogens is 466 g/mol. The van der Waals surface area contributed by atoms with Gasteiger partial charge < -0.3 is 4.74 Å². The molecule has 0 fully saturated rings. The van der Waals surface area contributed by atoms with E-state index in [-0.39, 0.29) is 0 Å². The highest BCUT2D eigenvalue weighted by molar-refractivity contribution is 5.64. The number of pyridine rings is 1. The fourth-order valence-corrected chi connectivity index (χ4v) is 4.86. The zero-order valence-electron chi connectivity index (χ0n) is 24.0. The molecule has 0 N–H and O–H groups in total. The van der Waals surface area contributed by atoms with Crippen LogP contribution in [0.25, 0.3) is 22.5 Å². The van der Waals surface area contributed by atoms with Crippen molar-refractivity contribution < 1.29 is 9.30 Å². The van der Waals surface area contributed by atoms with Gasteiger partial charge in [0.15, 0.2) is 18.2 Å². The zero-order chi connectivity index (χ0) is 26.7. The van der Waals surface area contributed by atoms with E-state index in [1.807, 2.05) is 60.7 Å². The van der Waals surface area contributed by atoms with Crippen LogP contribution in [0.4, 0.5) is 0 Å². The Balaban J connectivity index is 1.18. The molecule has 2 heterocycles. The number of hydrogen-bond acceptors (Lipinski definition) is 3. The molecule has 0 aliphatic rings. The van der Waals surface area contributed by atoms with E-state index in [0.717, 1.165) is 41.3 Å². The molecule has 3 aromatic rings. The van der Waals surface area contributed by atoms with E-state index in [4.69, 9.17) is 4.74 Å². The molecule has 0 unspecified atom stereocenters. The van der Waals surface area contributed by atoms with Gasteiger partial charge in [-0.2, -0.15) is 0 Å². The molecule has 0 radical (unpaired) electrons. The van der Waals surface area contributed by atoms with Crippen molar-refractivity contribution in [1.82, 2.24) is 9.97 Å². The van der Waals surface area contributed by atoms with Crippen LogP contribution in [0.3, 0.4) is 0 Å². The van der Waals surface area contributed by atoms with Crippen LogP contribution in [0.5, 0.6) is 5.75 Å². The standard InChI is InChI=1S/C34H50N3O/c1-3-4-5-6-7-8-9-10-11-12-13-14-15-16-17-18-27-38-33-21-19-30(20-22-33)32-28-35-34(36-29-32)31-23-25-37(2)26-24-31/h19-26,28-29H,3-18,27H2,1-2H3/q+1. The summed E-state index contributed by atoms with van der Waals surface area (Å²) >= 11 is 0. The van der Waals surface area contributed by atoms with Crippen LogP contribution in [0.1, 0.15) is 110 Å². The summed E-state index contributed by atoms with van der Waals surface area (Å²) in [7, 11) is 2.00. The van der Waals surface area contributed by atoms with Crippen LogP contribution in [0.2, 0.25) is 0 Å². The van der Waals surface area contributed by atoms with Crippen molar-refractivity contribution in [3.63, 3.8) is 0 Å². The average molecular weight is 517 g/mol. The molecule has 0 spiro atoms. The van der Waals surface area contributed by atoms with Gasteiger partial charge in [0.25, 0.3) is 0 Å². The smallest absolute Gasteiger partial charge is 0.169 e. The molecule has 0 bridgehead atoms. The lowest BCUT2D eigenvalue weighted by Crippen LogP contribution is -2.25. The van der Waals surface area contributed by atoms with Crippen molar-refractivity contribution in [2.75, 3.05) is 6.61 Å². The highest BCUT2D eigenvalue weighted by Crippen LogP contribution is 2.23. The summed E-state index contributed by atoms with van der Waals surface area (Å²) in [6.45, 7) is 3.09. The quantitative estimate of drug-likeness (QED) is 0.111. The van der Waals surface area contributed by atoms with E-state index in [0.29, 0.717) is 0 Å². The Hall–Kier alpha value is -2.75. The minimum atomic E-state index is 0.744. The maximum Gasteiger partial charge on any atom is 0.169 e. The minimum Gasteiger partial charge on any atom is -0.494 e. The molecule has 4 nitrogen and oxygen atoms in total. The van der Waals surface area contributed by atoms with Crippen LogP contribution >= 0.6 is 0 Å². The summed E-state index contributed by atoms with van der Waals surface area (Å²) < 4.78 is 7.97. The first kappa shape index (κ1) is 29.8. The van der Waals surface area contributed by atoms with E-state index in [1.54, 1.807) is 0 Å². The van der Waals surface area contributed by atoms with Crippen molar-refractivity contribution in [3.8, 4) is 28.3 Å². The summed E-state index contributed by atoms with van der Waals surface area (Å²) in [6, 6.07) is 12.3. The van der Waals surface area contributed by atoms with Gasteiger partial charge in [0.05, 0.1) is 6.61 Å². The van der Waals surface area contributed by atoms with Gasteiger partial charge in [-0.05, 0) is 24.1 Å². The second-order valence-electron chi connectivity index (χ2n) is 10.7. The maximum absolute atomic E-state index is 5.97. The third kappa shape index (κ3) is 11.8. The SMILES string of the molecule is CCCCCCCCCCCCCCCCCCOc1ccc(-c2cnc(-c3cc[n+](C)cc3)nc2)cc1. The lowest BCUT2D eigenvalue weighted by Gasteiger charge is -2.08. The molecule has 0 aliphatic heterocycles. The number of ether oxygens (including phenoxy) is 1. The predicted molar refractivity (Wildman–Crippen MR) is 159 cm³/mol. The molecule has 38 heavy (non-hydrogen) atoms. The number of nitrogens with zero attached hydrogens (tertiary/aromatic N) is 3. The highest BCUT2D eigenvalue weighted by atomic mass is 16.5. The number of rotatable bonds is 20. The van der Waals surface area contributed by atoms with Crippen molar-refractivity contribution in [1.29, 1.82) is 0 Å². The third-order valence-corrected chi connectivity index (χ3v) is 7.34. The van der Waals surface area contributed by atoms with E-state index in [1.165, 1.54) is 96.3 Å². The lowest BCUT2D eigenvalue weighted by atomic mass is 10.0. The first-order valence-electron chi connectivity index (χ1n) is 15.3. The monoisotopic (exact) mass is 516 g/mol. The average Bonchev–Trinajstić information content (AvgIpc) is 2.95. The van der Waals surface area contributed by atoms with Crippen molar-refractivity contribution in [3.05, 3.63) is 61.2 Å². The van der Waals surface area contributed by atoms with Gasteiger partial charge in [-0.25, -0.2) is 14.5 Å². The zero-order valence-corrected chi connectivity index (χ0v) is 24.0. The van der Waals surface area contributed by atoms with Crippen molar-refractivity contribution in [2.24, 2.45) is 7.05 Å². The van der Waals surface area contributed by atoms with Crippen LogP contribution in [0, 0.1) is 0 Å². The third-order valence-electron chi connectivity index (χ3n) is 7.34. The van der Waals surface area contributed by atoms with Gasteiger partial charge in [0, 0.05) is 35.7 Å². The van der Waals surface area contributed by atoms with Gasteiger partial charge >= 0.3 is 0 Å². The predicted octanol–water partition coefficient (Wildman–Crippen LogP) is 9.28. The Morgan fingerprint density at radius 3 is 1.53 bits per heavy atom. The molecule has 1 aromatic carbocycles. The topological polar surface area (TPSA) is 38.9 Å². The number of aromatic nitrogens is 3. The first-order chi connectivity index (χ1) is 18.8. The molecule has 0 atom stereocenters. The van der Waals surface area contributed by atoms with Crippen molar-refractivity contribution >= 4 is 0 Å². The first-order valence-corrected chi connectivity index (χ1v) is 15.3. The van der Waals surface area contributed by atoms with Crippen LogP contribution in [0.15, 0.2) is 61.2 Å². The second-order valence-corrected chi connectivity index (χ2v) is 10.7. The van der Waals surface area contributed by atoms with Crippen LogP contribution in [-0.4, -0.2) is 16.6 Å². The van der Waals surface area contributed by atoms with Crippen LogP contribution < -0.4 is 9.30 Å². The van der Waals surface area contributed by atoms with Gasteiger partial charge in [-0.1, -0.05) is 115 Å². The Bertz CT molecular complexity index is 984. The summed E-state index contributed by atoms with van der Waals surface area (Å²) in [5.41, 5.74) is 3.14. The number of benzene rings is 1. The second kappa shape index (κ2) is 18.5.